The van der Waals surface area contributed by atoms with Crippen LogP contribution in [0.3, 0.4) is 0 Å². The van der Waals surface area contributed by atoms with E-state index in [1.807, 2.05) is 24.3 Å². The number of hydrazine groups is 1. The predicted octanol–water partition coefficient (Wildman–Crippen LogP) is 1.85. The lowest BCUT2D eigenvalue weighted by molar-refractivity contribution is 0.387. The van der Waals surface area contributed by atoms with Crippen LogP contribution in [0.2, 0.25) is 0 Å². The minimum atomic E-state index is -0.190. The largest absolute Gasteiger partial charge is 0.497 e. The van der Waals surface area contributed by atoms with E-state index in [9.17, 15) is 0 Å². The van der Waals surface area contributed by atoms with Crippen LogP contribution in [0.4, 0.5) is 0 Å². The first kappa shape index (κ1) is 12.5. The molecule has 3 N–H and O–H groups in total. The van der Waals surface area contributed by atoms with Crippen molar-refractivity contribution in [3.63, 3.8) is 0 Å². The van der Waals surface area contributed by atoms with Gasteiger partial charge in [-0.15, -0.1) is 0 Å². The zero-order valence-electron chi connectivity index (χ0n) is 10.3. The molecular formula is C13H16N2O3. The highest BCUT2D eigenvalue weighted by molar-refractivity contribution is 5.45. The summed E-state index contributed by atoms with van der Waals surface area (Å²) in [5, 5.41) is 0. The van der Waals surface area contributed by atoms with Gasteiger partial charge in [0.05, 0.1) is 32.8 Å². The van der Waals surface area contributed by atoms with Crippen LogP contribution in [0.15, 0.2) is 41.2 Å². The van der Waals surface area contributed by atoms with Gasteiger partial charge in [0.15, 0.2) is 0 Å². The van der Waals surface area contributed by atoms with Gasteiger partial charge in [0.1, 0.15) is 11.5 Å². The number of ether oxygens (including phenoxy) is 2. The molecule has 0 spiro atoms. The first-order chi connectivity index (χ1) is 8.80. The van der Waals surface area contributed by atoms with Crippen LogP contribution in [0.1, 0.15) is 17.2 Å². The van der Waals surface area contributed by atoms with Gasteiger partial charge in [-0.2, -0.15) is 0 Å². The van der Waals surface area contributed by atoms with Crippen molar-refractivity contribution < 1.29 is 13.9 Å². The minimum absolute atomic E-state index is 0.190. The summed E-state index contributed by atoms with van der Waals surface area (Å²) in [6.07, 6.45) is 3.25. The molecule has 5 nitrogen and oxygen atoms in total. The average Bonchev–Trinajstić information content (AvgIpc) is 2.94. The molecular weight excluding hydrogens is 232 g/mol. The highest BCUT2D eigenvalue weighted by Gasteiger charge is 2.18. The van der Waals surface area contributed by atoms with Gasteiger partial charge in [0, 0.05) is 17.2 Å². The van der Waals surface area contributed by atoms with E-state index < -0.39 is 0 Å². The van der Waals surface area contributed by atoms with Crippen molar-refractivity contribution >= 4 is 0 Å². The van der Waals surface area contributed by atoms with Gasteiger partial charge in [0.2, 0.25) is 0 Å². The molecule has 2 rings (SSSR count). The Labute approximate surface area is 105 Å². The fourth-order valence-corrected chi connectivity index (χ4v) is 1.86. The molecule has 0 aliphatic rings. The maximum absolute atomic E-state index is 5.61. The highest BCUT2D eigenvalue weighted by atomic mass is 16.5. The zero-order valence-corrected chi connectivity index (χ0v) is 10.3. The van der Waals surface area contributed by atoms with Crippen LogP contribution in [0.25, 0.3) is 0 Å². The van der Waals surface area contributed by atoms with E-state index in [2.05, 4.69) is 5.43 Å². The van der Waals surface area contributed by atoms with Crippen LogP contribution in [0, 0.1) is 0 Å². The lowest BCUT2D eigenvalue weighted by atomic mass is 10.0. The molecule has 0 aliphatic carbocycles. The van der Waals surface area contributed by atoms with E-state index in [1.54, 1.807) is 26.7 Å². The van der Waals surface area contributed by atoms with Crippen molar-refractivity contribution in [1.82, 2.24) is 5.43 Å². The number of nitrogens with one attached hydrogen (secondary N) is 1. The molecule has 0 amide bonds. The first-order valence-corrected chi connectivity index (χ1v) is 5.50. The monoisotopic (exact) mass is 248 g/mol. The van der Waals surface area contributed by atoms with Crippen LogP contribution in [0.5, 0.6) is 11.5 Å². The number of nitrogens with two attached hydrogens (primary N) is 1. The summed E-state index contributed by atoms with van der Waals surface area (Å²) < 4.78 is 15.6. The third-order valence-corrected chi connectivity index (χ3v) is 2.79. The van der Waals surface area contributed by atoms with Crippen LogP contribution < -0.4 is 20.7 Å². The second-order valence-corrected chi connectivity index (χ2v) is 3.76. The number of rotatable bonds is 5. The van der Waals surface area contributed by atoms with Crippen molar-refractivity contribution in [1.29, 1.82) is 0 Å². The molecule has 0 fully saturated rings. The van der Waals surface area contributed by atoms with Gasteiger partial charge >= 0.3 is 0 Å². The molecule has 0 saturated carbocycles. The lowest BCUT2D eigenvalue weighted by Crippen LogP contribution is -2.28. The highest BCUT2D eigenvalue weighted by Crippen LogP contribution is 2.32. The maximum Gasteiger partial charge on any atom is 0.127 e. The molecule has 1 atom stereocenters. The van der Waals surface area contributed by atoms with Crippen molar-refractivity contribution in [2.24, 2.45) is 5.84 Å². The average molecular weight is 248 g/mol. The number of hydrogen-bond donors (Lipinski definition) is 2. The molecule has 1 aromatic heterocycles. The zero-order chi connectivity index (χ0) is 13.0. The summed E-state index contributed by atoms with van der Waals surface area (Å²) in [5.41, 5.74) is 4.60. The molecule has 1 unspecified atom stereocenters. The molecule has 2 aromatic rings. The molecule has 5 heteroatoms. The fourth-order valence-electron chi connectivity index (χ4n) is 1.86. The van der Waals surface area contributed by atoms with Gasteiger partial charge < -0.3 is 13.9 Å². The molecule has 18 heavy (non-hydrogen) atoms. The molecule has 0 saturated heterocycles. The van der Waals surface area contributed by atoms with Crippen LogP contribution in [-0.4, -0.2) is 14.2 Å². The van der Waals surface area contributed by atoms with Gasteiger partial charge in [-0.05, 0) is 18.2 Å². The Morgan fingerprint density at radius 2 is 2.06 bits per heavy atom. The molecule has 0 radical (unpaired) electrons. The van der Waals surface area contributed by atoms with E-state index in [1.165, 1.54) is 0 Å². The summed E-state index contributed by atoms with van der Waals surface area (Å²) in [7, 11) is 3.23. The second kappa shape index (κ2) is 5.57. The van der Waals surface area contributed by atoms with Gasteiger partial charge in [-0.25, -0.2) is 5.43 Å². The quantitative estimate of drug-likeness (QED) is 0.624. The molecule has 1 aromatic carbocycles. The Balaban J connectivity index is 2.42. The summed E-state index contributed by atoms with van der Waals surface area (Å²) >= 11 is 0. The summed E-state index contributed by atoms with van der Waals surface area (Å²) in [6.45, 7) is 0. The van der Waals surface area contributed by atoms with Gasteiger partial charge in [-0.3, -0.25) is 5.84 Å². The standard InChI is InChI=1S/C13H16N2O3/c1-16-10-3-4-11(12(7-10)17-2)13(15-14)9-5-6-18-8-9/h3-8,13,15H,14H2,1-2H3. The Morgan fingerprint density at radius 3 is 2.61 bits per heavy atom. The number of hydrogen-bond acceptors (Lipinski definition) is 5. The van der Waals surface area contributed by atoms with Crippen molar-refractivity contribution in [2.75, 3.05) is 14.2 Å². The Morgan fingerprint density at radius 1 is 1.22 bits per heavy atom. The summed E-state index contributed by atoms with van der Waals surface area (Å²) in [5.74, 6) is 7.05. The maximum atomic E-state index is 5.61. The van der Waals surface area contributed by atoms with Gasteiger partial charge in [-0.1, -0.05) is 0 Å². The van der Waals surface area contributed by atoms with E-state index in [-0.39, 0.29) is 6.04 Å². The molecule has 0 bridgehead atoms. The van der Waals surface area contributed by atoms with Crippen molar-refractivity contribution in [3.05, 3.63) is 47.9 Å². The predicted molar refractivity (Wildman–Crippen MR) is 67.4 cm³/mol. The number of methoxy groups -OCH3 is 2. The third-order valence-electron chi connectivity index (χ3n) is 2.79. The molecule has 96 valence electrons. The number of furan rings is 1. The van der Waals surface area contributed by atoms with E-state index in [4.69, 9.17) is 19.7 Å². The lowest BCUT2D eigenvalue weighted by Gasteiger charge is -2.18. The Kier molecular flexibility index (Phi) is 3.86. The normalized spacial score (nSPS) is 12.2. The number of benzene rings is 1. The van der Waals surface area contributed by atoms with Crippen molar-refractivity contribution in [3.8, 4) is 11.5 Å². The Hall–Kier alpha value is -1.98. The van der Waals surface area contributed by atoms with Crippen molar-refractivity contribution in [2.45, 2.75) is 6.04 Å². The van der Waals surface area contributed by atoms with Gasteiger partial charge in [0.25, 0.3) is 0 Å². The summed E-state index contributed by atoms with van der Waals surface area (Å²) in [6, 6.07) is 7.26. The topological polar surface area (TPSA) is 69.7 Å². The minimum Gasteiger partial charge on any atom is -0.497 e. The van der Waals surface area contributed by atoms with Crippen LogP contribution >= 0.6 is 0 Å². The summed E-state index contributed by atoms with van der Waals surface area (Å²) in [4.78, 5) is 0. The molecule has 0 aliphatic heterocycles. The second-order valence-electron chi connectivity index (χ2n) is 3.76. The third kappa shape index (κ3) is 2.32. The van der Waals surface area contributed by atoms with E-state index in [0.717, 1.165) is 16.9 Å². The SMILES string of the molecule is COc1ccc(C(NN)c2ccoc2)c(OC)c1. The smallest absolute Gasteiger partial charge is 0.127 e. The fraction of sp³-hybridized carbons (Fsp3) is 0.231. The van der Waals surface area contributed by atoms with E-state index >= 15 is 0 Å². The molecule has 1 heterocycles. The Bertz CT molecular complexity index is 497. The van der Waals surface area contributed by atoms with Crippen LogP contribution in [-0.2, 0) is 0 Å². The first-order valence-electron chi connectivity index (χ1n) is 5.50. The van der Waals surface area contributed by atoms with E-state index in [0.29, 0.717) is 5.75 Å².